The van der Waals surface area contributed by atoms with Gasteiger partial charge in [0, 0.05) is 6.42 Å². The van der Waals surface area contributed by atoms with Crippen LogP contribution < -0.4 is 5.32 Å². The lowest BCUT2D eigenvalue weighted by atomic mass is 9.99. The van der Waals surface area contributed by atoms with Crippen LogP contribution in [-0.2, 0) is 14.3 Å². The molecule has 0 bridgehead atoms. The van der Waals surface area contributed by atoms with Crippen molar-refractivity contribution in [3.05, 3.63) is 24.3 Å². The van der Waals surface area contributed by atoms with Gasteiger partial charge in [0.15, 0.2) is 6.29 Å². The Labute approximate surface area is 502 Å². The summed E-state index contributed by atoms with van der Waals surface area (Å²) in [6.45, 7) is 3.88. The van der Waals surface area contributed by atoms with Crippen LogP contribution in [-0.4, -0.2) is 87.5 Å². The normalized spacial score (nSPS) is 18.4. The molecule has 0 saturated carbocycles. The summed E-state index contributed by atoms with van der Waals surface area (Å²) in [6, 6.07) is -0.717. The standard InChI is InChI=1S/C72H139NO8/c1-3-5-7-9-11-13-15-17-19-21-23-25-26-27-28-29-30-31-32-33-34-35-36-37-38-39-40-42-44-46-48-50-52-54-56-58-60-62-68(76)73-65(64-80-72-71(79)70(78)69(77)67(63-74)81-72)66(75)61-59-57-55-53-51-49-47-45-43-41-24-22-20-18-16-14-12-10-8-6-4-2/h15,17,21,23,65-67,69-72,74-75,77-79H,3-14,16,18-20,22,24-64H2,1-2H3,(H,73,76)/b17-15-,23-21-. The summed E-state index contributed by atoms with van der Waals surface area (Å²) in [5.41, 5.74) is 0. The van der Waals surface area contributed by atoms with E-state index in [0.29, 0.717) is 12.8 Å². The van der Waals surface area contributed by atoms with Crippen molar-refractivity contribution in [2.24, 2.45) is 0 Å². The molecule has 1 amide bonds. The second kappa shape index (κ2) is 61.7. The Bertz CT molecular complexity index is 1330. The van der Waals surface area contributed by atoms with Crippen molar-refractivity contribution in [3.8, 4) is 0 Å². The lowest BCUT2D eigenvalue weighted by Gasteiger charge is -2.40. The van der Waals surface area contributed by atoms with Gasteiger partial charge in [-0.25, -0.2) is 0 Å². The Morgan fingerprint density at radius 1 is 0.420 bits per heavy atom. The summed E-state index contributed by atoms with van der Waals surface area (Å²) in [7, 11) is 0. The third kappa shape index (κ3) is 50.5. The fourth-order valence-electron chi connectivity index (χ4n) is 11.9. The molecule has 9 heteroatoms. The van der Waals surface area contributed by atoms with Crippen LogP contribution in [0.15, 0.2) is 24.3 Å². The minimum absolute atomic E-state index is 0.132. The second-order valence-electron chi connectivity index (χ2n) is 25.4. The summed E-state index contributed by atoms with van der Waals surface area (Å²) in [5.74, 6) is -0.135. The quantitative estimate of drug-likeness (QED) is 0.0261. The monoisotopic (exact) mass is 1150 g/mol. The van der Waals surface area contributed by atoms with E-state index in [1.54, 1.807) is 0 Å². The van der Waals surface area contributed by atoms with E-state index in [0.717, 1.165) is 44.9 Å². The molecule has 9 nitrogen and oxygen atoms in total. The van der Waals surface area contributed by atoms with E-state index in [2.05, 4.69) is 43.5 Å². The summed E-state index contributed by atoms with van der Waals surface area (Å²) in [5, 5.41) is 54.9. The van der Waals surface area contributed by atoms with Crippen molar-refractivity contribution >= 4 is 5.91 Å². The maximum absolute atomic E-state index is 13.1. The first kappa shape index (κ1) is 77.7. The highest BCUT2D eigenvalue weighted by atomic mass is 16.7. The van der Waals surface area contributed by atoms with Gasteiger partial charge in [-0.2, -0.15) is 0 Å². The molecule has 0 radical (unpaired) electrons. The van der Waals surface area contributed by atoms with E-state index in [9.17, 15) is 30.3 Å². The SMILES string of the molecule is CCCCCCC/C=C\C/C=C\CCCCCCCCCCCCCCCCCCCCCCCCCCCC(=O)NC(COC1OC(CO)C(O)C(O)C1O)C(O)CCCCCCCCCCCCCCCCCCCCCCC. The predicted molar refractivity (Wildman–Crippen MR) is 346 cm³/mol. The average Bonchev–Trinajstić information content (AvgIpc) is 3.49. The summed E-state index contributed by atoms with van der Waals surface area (Å²) in [4.78, 5) is 13.1. The number of carbonyl (C=O) groups is 1. The molecule has 1 aliphatic heterocycles. The van der Waals surface area contributed by atoms with E-state index in [4.69, 9.17) is 9.47 Å². The zero-order chi connectivity index (χ0) is 58.6. The van der Waals surface area contributed by atoms with E-state index in [1.165, 1.54) is 302 Å². The van der Waals surface area contributed by atoms with Gasteiger partial charge >= 0.3 is 0 Å². The van der Waals surface area contributed by atoms with Crippen LogP contribution in [0.2, 0.25) is 0 Å². The van der Waals surface area contributed by atoms with Crippen molar-refractivity contribution in [3.63, 3.8) is 0 Å². The van der Waals surface area contributed by atoms with Gasteiger partial charge in [-0.3, -0.25) is 4.79 Å². The van der Waals surface area contributed by atoms with Gasteiger partial charge in [0.05, 0.1) is 25.4 Å². The number of allylic oxidation sites excluding steroid dienone is 4. The fraction of sp³-hybridized carbons (Fsp3) is 0.931. The van der Waals surface area contributed by atoms with Crippen LogP contribution in [0.3, 0.4) is 0 Å². The van der Waals surface area contributed by atoms with Crippen molar-refractivity contribution < 1.29 is 39.8 Å². The maximum atomic E-state index is 13.1. The highest BCUT2D eigenvalue weighted by Crippen LogP contribution is 2.24. The van der Waals surface area contributed by atoms with Gasteiger partial charge in [0.1, 0.15) is 24.4 Å². The third-order valence-corrected chi connectivity index (χ3v) is 17.6. The van der Waals surface area contributed by atoms with Gasteiger partial charge in [0.25, 0.3) is 0 Å². The molecule has 6 N–H and O–H groups in total. The van der Waals surface area contributed by atoms with E-state index in [-0.39, 0.29) is 12.5 Å². The van der Waals surface area contributed by atoms with Crippen LogP contribution in [0, 0.1) is 0 Å². The molecule has 1 saturated heterocycles. The van der Waals surface area contributed by atoms with Crippen molar-refractivity contribution in [1.29, 1.82) is 0 Å². The summed E-state index contributed by atoms with van der Waals surface area (Å²) < 4.78 is 11.4. The number of rotatable bonds is 64. The van der Waals surface area contributed by atoms with Crippen molar-refractivity contribution in [1.82, 2.24) is 5.32 Å². The summed E-state index contributed by atoms with van der Waals surface area (Å²) in [6.07, 6.45) is 74.0. The van der Waals surface area contributed by atoms with Gasteiger partial charge in [0.2, 0.25) is 5.91 Å². The molecule has 0 aromatic rings. The molecule has 1 aliphatic rings. The molecule has 1 rings (SSSR count). The Balaban J connectivity index is 2.05. The number of aliphatic hydroxyl groups excluding tert-OH is 5. The van der Waals surface area contributed by atoms with E-state index in [1.807, 2.05) is 0 Å². The smallest absolute Gasteiger partial charge is 0.220 e. The van der Waals surface area contributed by atoms with Gasteiger partial charge in [-0.1, -0.05) is 346 Å². The number of unbranched alkanes of at least 4 members (excludes halogenated alkanes) is 50. The number of aliphatic hydroxyl groups is 5. The lowest BCUT2D eigenvalue weighted by Crippen LogP contribution is -2.60. The largest absolute Gasteiger partial charge is 0.394 e. The molecule has 7 unspecified atom stereocenters. The van der Waals surface area contributed by atoms with Crippen LogP contribution in [0.1, 0.15) is 373 Å². The first-order valence-corrected chi connectivity index (χ1v) is 36.0. The Morgan fingerprint density at radius 2 is 0.728 bits per heavy atom. The number of amides is 1. The fourth-order valence-corrected chi connectivity index (χ4v) is 11.9. The molecule has 1 fully saturated rings. The van der Waals surface area contributed by atoms with Crippen LogP contribution in [0.5, 0.6) is 0 Å². The highest BCUT2D eigenvalue weighted by Gasteiger charge is 2.44. The maximum Gasteiger partial charge on any atom is 0.220 e. The number of carbonyl (C=O) groups excluding carboxylic acids is 1. The van der Waals surface area contributed by atoms with Crippen molar-refractivity contribution in [2.75, 3.05) is 13.2 Å². The number of hydrogen-bond acceptors (Lipinski definition) is 8. The van der Waals surface area contributed by atoms with Crippen LogP contribution in [0.25, 0.3) is 0 Å². The zero-order valence-corrected chi connectivity index (χ0v) is 53.8. The predicted octanol–water partition coefficient (Wildman–Crippen LogP) is 19.6. The average molecular weight is 1150 g/mol. The zero-order valence-electron chi connectivity index (χ0n) is 53.8. The Hall–Kier alpha value is -1.33. The molecule has 0 aromatic carbocycles. The highest BCUT2D eigenvalue weighted by molar-refractivity contribution is 5.76. The molecule has 0 aliphatic carbocycles. The Morgan fingerprint density at radius 3 is 1.06 bits per heavy atom. The van der Waals surface area contributed by atoms with Gasteiger partial charge in [-0.05, 0) is 44.9 Å². The number of hydrogen-bond donors (Lipinski definition) is 6. The molecular weight excluding hydrogens is 1010 g/mol. The molecular formula is C72H139NO8. The molecule has 7 atom stereocenters. The van der Waals surface area contributed by atoms with Crippen LogP contribution >= 0.6 is 0 Å². The van der Waals surface area contributed by atoms with E-state index >= 15 is 0 Å². The molecule has 0 spiro atoms. The minimum Gasteiger partial charge on any atom is -0.394 e. The lowest BCUT2D eigenvalue weighted by molar-refractivity contribution is -0.302. The van der Waals surface area contributed by atoms with Gasteiger partial charge in [-0.15, -0.1) is 0 Å². The molecule has 0 aromatic heterocycles. The number of ether oxygens (including phenoxy) is 2. The van der Waals surface area contributed by atoms with Gasteiger partial charge < -0.3 is 40.3 Å². The topological polar surface area (TPSA) is 149 Å². The molecule has 81 heavy (non-hydrogen) atoms. The minimum atomic E-state index is -1.55. The van der Waals surface area contributed by atoms with Crippen molar-refractivity contribution in [2.45, 2.75) is 416 Å². The third-order valence-electron chi connectivity index (χ3n) is 17.6. The van der Waals surface area contributed by atoms with Crippen LogP contribution in [0.4, 0.5) is 0 Å². The summed E-state index contributed by atoms with van der Waals surface area (Å²) >= 11 is 0. The van der Waals surface area contributed by atoms with E-state index < -0.39 is 49.5 Å². The first-order valence-electron chi connectivity index (χ1n) is 36.0. The molecule has 1 heterocycles. The first-order chi connectivity index (χ1) is 39.8. The Kier molecular flexibility index (Phi) is 59.2. The molecule has 480 valence electrons. The second-order valence-corrected chi connectivity index (χ2v) is 25.4. The number of nitrogens with one attached hydrogen (secondary N) is 1.